The van der Waals surface area contributed by atoms with Crippen molar-refractivity contribution in [1.29, 1.82) is 0 Å². The molecule has 10 heteroatoms. The zero-order chi connectivity index (χ0) is 21.8. The van der Waals surface area contributed by atoms with E-state index in [1.807, 2.05) is 0 Å². The summed E-state index contributed by atoms with van der Waals surface area (Å²) in [6, 6.07) is 3.55. The Bertz CT molecular complexity index is 1090. The topological polar surface area (TPSA) is 131 Å². The first-order valence-corrected chi connectivity index (χ1v) is 9.09. The second kappa shape index (κ2) is 8.68. The van der Waals surface area contributed by atoms with Crippen LogP contribution in [0, 0.1) is 6.92 Å². The van der Waals surface area contributed by atoms with Crippen molar-refractivity contribution in [3.05, 3.63) is 52.9 Å². The Balaban J connectivity index is 1.75. The van der Waals surface area contributed by atoms with Gasteiger partial charge in [0.05, 0.1) is 31.3 Å². The predicted octanol–water partition coefficient (Wildman–Crippen LogP) is 1.96. The van der Waals surface area contributed by atoms with E-state index in [9.17, 15) is 14.4 Å². The molecule has 0 bridgehead atoms. The van der Waals surface area contributed by atoms with E-state index >= 15 is 0 Å². The third kappa shape index (κ3) is 4.27. The molecular formula is C20H21N5O5. The summed E-state index contributed by atoms with van der Waals surface area (Å²) in [5.74, 6) is -0.529. The Hall–Kier alpha value is -3.82. The fourth-order valence-electron chi connectivity index (χ4n) is 3.03. The molecule has 0 spiro atoms. The van der Waals surface area contributed by atoms with Crippen LogP contribution in [-0.4, -0.2) is 56.8 Å². The average molecular weight is 411 g/mol. The molecule has 3 rings (SSSR count). The number of likely N-dealkylation sites (N-methyl/N-ethyl adjacent to an activating group) is 1. The summed E-state index contributed by atoms with van der Waals surface area (Å²) >= 11 is 0. The molecular weight excluding hydrogens is 390 g/mol. The molecule has 0 radical (unpaired) electrons. The van der Waals surface area contributed by atoms with Gasteiger partial charge in [-0.15, -0.1) is 0 Å². The number of H-pyrrole nitrogens is 1. The van der Waals surface area contributed by atoms with E-state index in [1.165, 1.54) is 18.9 Å². The maximum atomic E-state index is 12.7. The molecule has 0 saturated carbocycles. The van der Waals surface area contributed by atoms with Crippen molar-refractivity contribution in [2.24, 2.45) is 0 Å². The van der Waals surface area contributed by atoms with Crippen molar-refractivity contribution in [1.82, 2.24) is 25.0 Å². The van der Waals surface area contributed by atoms with Gasteiger partial charge in [0, 0.05) is 37.6 Å². The Morgan fingerprint density at radius 1 is 1.30 bits per heavy atom. The Morgan fingerprint density at radius 2 is 2.07 bits per heavy atom. The van der Waals surface area contributed by atoms with Crippen molar-refractivity contribution in [3.8, 4) is 11.4 Å². The standard InChI is InChI=1S/C20H21N5O5/c1-11-17(20(28)29-4)14(22-18(11)12(2)26)8-16(27)25(3)10-15-23-19(24-30-15)13-6-5-7-21-9-13/h5-7,9,22H,8,10H2,1-4H3. The van der Waals surface area contributed by atoms with Crippen molar-refractivity contribution >= 4 is 17.7 Å². The summed E-state index contributed by atoms with van der Waals surface area (Å²) < 4.78 is 10.0. The number of hydrogen-bond acceptors (Lipinski definition) is 8. The zero-order valence-corrected chi connectivity index (χ0v) is 17.1. The maximum absolute atomic E-state index is 12.7. The lowest BCUT2D eigenvalue weighted by molar-refractivity contribution is -0.130. The quantitative estimate of drug-likeness (QED) is 0.461. The molecule has 0 aliphatic carbocycles. The molecule has 1 N–H and O–H groups in total. The number of rotatable bonds is 7. The van der Waals surface area contributed by atoms with Crippen LogP contribution in [0.5, 0.6) is 0 Å². The number of nitrogens with one attached hydrogen (secondary N) is 1. The van der Waals surface area contributed by atoms with Gasteiger partial charge in [-0.3, -0.25) is 14.6 Å². The molecule has 3 aromatic rings. The van der Waals surface area contributed by atoms with Crippen LogP contribution in [0.25, 0.3) is 11.4 Å². The van der Waals surface area contributed by atoms with Crippen LogP contribution in [0.1, 0.15) is 44.9 Å². The monoisotopic (exact) mass is 411 g/mol. The molecule has 0 saturated heterocycles. The first-order valence-electron chi connectivity index (χ1n) is 9.09. The number of ether oxygens (including phenoxy) is 1. The molecule has 0 unspecified atom stereocenters. The number of aromatic nitrogens is 4. The van der Waals surface area contributed by atoms with E-state index in [0.717, 1.165) is 0 Å². The van der Waals surface area contributed by atoms with Gasteiger partial charge in [-0.25, -0.2) is 4.79 Å². The second-order valence-corrected chi connectivity index (χ2v) is 6.71. The molecule has 0 fully saturated rings. The molecule has 1 amide bonds. The van der Waals surface area contributed by atoms with E-state index in [2.05, 4.69) is 20.1 Å². The van der Waals surface area contributed by atoms with Gasteiger partial charge in [0.1, 0.15) is 0 Å². The maximum Gasteiger partial charge on any atom is 0.339 e. The Labute approximate surface area is 172 Å². The minimum Gasteiger partial charge on any atom is -0.465 e. The van der Waals surface area contributed by atoms with E-state index in [0.29, 0.717) is 22.6 Å². The van der Waals surface area contributed by atoms with Gasteiger partial charge in [-0.1, -0.05) is 5.16 Å². The minimum atomic E-state index is -0.611. The van der Waals surface area contributed by atoms with Gasteiger partial charge in [0.25, 0.3) is 0 Å². The summed E-state index contributed by atoms with van der Waals surface area (Å²) in [5, 5.41) is 3.90. The van der Waals surface area contributed by atoms with Crippen LogP contribution < -0.4 is 0 Å². The SMILES string of the molecule is COC(=O)c1c(CC(=O)N(C)Cc2nc(-c3cccnc3)no2)[nH]c(C(C)=O)c1C. The number of nitrogens with zero attached hydrogens (tertiary/aromatic N) is 4. The Morgan fingerprint density at radius 3 is 2.70 bits per heavy atom. The van der Waals surface area contributed by atoms with E-state index in [-0.39, 0.29) is 41.8 Å². The third-order valence-corrected chi connectivity index (χ3v) is 4.58. The Kier molecular flexibility index (Phi) is 6.05. The molecule has 30 heavy (non-hydrogen) atoms. The van der Waals surface area contributed by atoms with Crippen LogP contribution >= 0.6 is 0 Å². The number of esters is 1. The summed E-state index contributed by atoms with van der Waals surface area (Å²) in [4.78, 5) is 49.2. The lowest BCUT2D eigenvalue weighted by atomic mass is 10.1. The third-order valence-electron chi connectivity index (χ3n) is 4.58. The molecule has 156 valence electrons. The summed E-state index contributed by atoms with van der Waals surface area (Å²) in [6.07, 6.45) is 3.12. The number of ketones is 1. The highest BCUT2D eigenvalue weighted by atomic mass is 16.5. The van der Waals surface area contributed by atoms with Crippen LogP contribution in [0.15, 0.2) is 29.0 Å². The first-order chi connectivity index (χ1) is 14.3. The zero-order valence-electron chi connectivity index (χ0n) is 17.1. The van der Waals surface area contributed by atoms with Crippen LogP contribution in [-0.2, 0) is 22.5 Å². The smallest absolute Gasteiger partial charge is 0.339 e. The minimum absolute atomic E-state index is 0.0823. The first kappa shape index (κ1) is 20.9. The summed E-state index contributed by atoms with van der Waals surface area (Å²) in [5.41, 5.74) is 1.95. The molecule has 0 aliphatic heterocycles. The molecule has 0 aromatic carbocycles. The van der Waals surface area contributed by atoms with Gasteiger partial charge >= 0.3 is 5.97 Å². The number of hydrogen-bond donors (Lipinski definition) is 1. The van der Waals surface area contributed by atoms with Crippen molar-refractivity contribution < 1.29 is 23.6 Å². The highest BCUT2D eigenvalue weighted by Gasteiger charge is 2.25. The number of pyridine rings is 1. The molecule has 0 aliphatic rings. The van der Waals surface area contributed by atoms with Gasteiger partial charge in [-0.05, 0) is 24.6 Å². The number of aromatic amines is 1. The van der Waals surface area contributed by atoms with Gasteiger partial charge in [0.2, 0.25) is 17.6 Å². The highest BCUT2D eigenvalue weighted by molar-refractivity contribution is 6.01. The molecule has 3 aromatic heterocycles. The fraction of sp³-hybridized carbons (Fsp3) is 0.300. The number of amides is 1. The predicted molar refractivity (Wildman–Crippen MR) is 105 cm³/mol. The highest BCUT2D eigenvalue weighted by Crippen LogP contribution is 2.21. The second-order valence-electron chi connectivity index (χ2n) is 6.71. The summed E-state index contributed by atoms with van der Waals surface area (Å²) in [6.45, 7) is 3.10. The fourth-order valence-corrected chi connectivity index (χ4v) is 3.03. The van der Waals surface area contributed by atoms with E-state index in [4.69, 9.17) is 9.26 Å². The van der Waals surface area contributed by atoms with Crippen molar-refractivity contribution in [2.45, 2.75) is 26.8 Å². The van der Waals surface area contributed by atoms with E-state index < -0.39 is 5.97 Å². The average Bonchev–Trinajstić information content (AvgIpc) is 3.32. The van der Waals surface area contributed by atoms with Crippen LogP contribution in [0.2, 0.25) is 0 Å². The number of Topliss-reactive ketones (excluding diaryl/α,β-unsaturated/α-hetero) is 1. The molecule has 0 atom stereocenters. The van der Waals surface area contributed by atoms with E-state index in [1.54, 1.807) is 38.5 Å². The molecule has 10 nitrogen and oxygen atoms in total. The van der Waals surface area contributed by atoms with Gasteiger partial charge in [-0.2, -0.15) is 4.98 Å². The number of carbonyl (C=O) groups excluding carboxylic acids is 3. The van der Waals surface area contributed by atoms with Crippen LogP contribution in [0.4, 0.5) is 0 Å². The van der Waals surface area contributed by atoms with Crippen LogP contribution in [0.3, 0.4) is 0 Å². The lowest BCUT2D eigenvalue weighted by Crippen LogP contribution is -2.28. The summed E-state index contributed by atoms with van der Waals surface area (Å²) in [7, 11) is 2.82. The normalized spacial score (nSPS) is 10.7. The van der Waals surface area contributed by atoms with Crippen molar-refractivity contribution in [2.75, 3.05) is 14.2 Å². The lowest BCUT2D eigenvalue weighted by Gasteiger charge is -2.14. The molecule has 3 heterocycles. The number of methoxy groups -OCH3 is 1. The van der Waals surface area contributed by atoms with Crippen molar-refractivity contribution in [3.63, 3.8) is 0 Å². The largest absolute Gasteiger partial charge is 0.465 e. The van der Waals surface area contributed by atoms with Gasteiger partial charge < -0.3 is 19.1 Å². The number of carbonyl (C=O) groups is 3. The van der Waals surface area contributed by atoms with Gasteiger partial charge in [0.15, 0.2) is 5.78 Å².